The smallest absolute Gasteiger partial charge is 0.171 e. The van der Waals surface area contributed by atoms with Crippen molar-refractivity contribution in [2.24, 2.45) is 7.05 Å². The van der Waals surface area contributed by atoms with E-state index in [9.17, 15) is 0 Å². The average molecular weight is 217 g/mol. The molecule has 5 heteroatoms. The molecule has 0 bridgehead atoms. The number of nitrogens with two attached hydrogens (primary N) is 1. The molecule has 0 aliphatic carbocycles. The van der Waals surface area contributed by atoms with Crippen molar-refractivity contribution in [2.75, 3.05) is 11.1 Å². The van der Waals surface area contributed by atoms with Crippen molar-refractivity contribution in [1.29, 1.82) is 0 Å². The number of hydrogen-bond donors (Lipinski definition) is 2. The molecule has 2 rings (SSSR count). The van der Waals surface area contributed by atoms with Crippen LogP contribution in [0.2, 0.25) is 0 Å². The quantitative estimate of drug-likeness (QED) is 0.813. The lowest BCUT2D eigenvalue weighted by atomic mass is 10.1. The second kappa shape index (κ2) is 4.22. The van der Waals surface area contributed by atoms with Crippen LogP contribution in [0.5, 0.6) is 0 Å². The van der Waals surface area contributed by atoms with E-state index in [0.717, 1.165) is 5.56 Å². The van der Waals surface area contributed by atoms with Gasteiger partial charge in [0.2, 0.25) is 0 Å². The Hall–Kier alpha value is -2.04. The van der Waals surface area contributed by atoms with Gasteiger partial charge in [-0.3, -0.25) is 9.67 Å². The molecule has 0 spiro atoms. The van der Waals surface area contributed by atoms with Crippen LogP contribution < -0.4 is 11.1 Å². The first kappa shape index (κ1) is 10.5. The summed E-state index contributed by atoms with van der Waals surface area (Å²) in [6.07, 6.45) is 5.41. The summed E-state index contributed by atoms with van der Waals surface area (Å²) >= 11 is 0. The molecule has 0 aliphatic rings. The van der Waals surface area contributed by atoms with Gasteiger partial charge in [-0.2, -0.15) is 5.10 Å². The number of rotatable bonds is 3. The van der Waals surface area contributed by atoms with E-state index >= 15 is 0 Å². The van der Waals surface area contributed by atoms with Crippen molar-refractivity contribution >= 4 is 11.5 Å². The molecule has 0 aromatic carbocycles. The van der Waals surface area contributed by atoms with Gasteiger partial charge in [0.1, 0.15) is 0 Å². The van der Waals surface area contributed by atoms with Gasteiger partial charge in [-0.25, -0.2) is 0 Å². The topological polar surface area (TPSA) is 68.8 Å². The van der Waals surface area contributed by atoms with Gasteiger partial charge in [-0.1, -0.05) is 0 Å². The molecule has 0 aliphatic heterocycles. The van der Waals surface area contributed by atoms with Gasteiger partial charge in [0.05, 0.1) is 5.69 Å². The Morgan fingerprint density at radius 3 is 2.94 bits per heavy atom. The molecule has 2 aromatic heterocycles. The number of nitrogen functional groups attached to an aromatic ring is 1. The predicted molar refractivity (Wildman–Crippen MR) is 63.9 cm³/mol. The number of pyridine rings is 1. The second-order valence-corrected chi connectivity index (χ2v) is 3.76. The third kappa shape index (κ3) is 2.13. The Labute approximate surface area is 94.3 Å². The lowest BCUT2D eigenvalue weighted by molar-refractivity contribution is 0.768. The van der Waals surface area contributed by atoms with E-state index in [4.69, 9.17) is 5.73 Å². The Morgan fingerprint density at radius 1 is 1.50 bits per heavy atom. The van der Waals surface area contributed by atoms with E-state index in [0.29, 0.717) is 18.1 Å². The Morgan fingerprint density at radius 2 is 2.31 bits per heavy atom. The first-order valence-corrected chi connectivity index (χ1v) is 5.09. The van der Waals surface area contributed by atoms with Crippen molar-refractivity contribution in [2.45, 2.75) is 13.5 Å². The zero-order valence-corrected chi connectivity index (χ0v) is 9.44. The largest absolute Gasteiger partial charge is 0.394 e. The average Bonchev–Trinajstić information content (AvgIpc) is 2.56. The Kier molecular flexibility index (Phi) is 2.76. The highest BCUT2D eigenvalue weighted by atomic mass is 15.3. The fourth-order valence-corrected chi connectivity index (χ4v) is 1.50. The van der Waals surface area contributed by atoms with E-state index in [-0.39, 0.29) is 0 Å². The molecule has 2 aromatic rings. The van der Waals surface area contributed by atoms with Crippen molar-refractivity contribution in [3.05, 3.63) is 35.8 Å². The minimum Gasteiger partial charge on any atom is -0.394 e. The van der Waals surface area contributed by atoms with Gasteiger partial charge >= 0.3 is 0 Å². The van der Waals surface area contributed by atoms with Crippen LogP contribution >= 0.6 is 0 Å². The van der Waals surface area contributed by atoms with Gasteiger partial charge in [0.25, 0.3) is 0 Å². The number of nitrogens with zero attached hydrogens (tertiary/aromatic N) is 3. The molecule has 0 atom stereocenters. The summed E-state index contributed by atoms with van der Waals surface area (Å²) in [6, 6.07) is 1.98. The molecule has 5 nitrogen and oxygen atoms in total. The lowest BCUT2D eigenvalue weighted by Gasteiger charge is -2.06. The van der Waals surface area contributed by atoms with Crippen LogP contribution in [0, 0.1) is 6.92 Å². The Bertz CT molecular complexity index is 489. The highest BCUT2D eigenvalue weighted by Gasteiger charge is 2.04. The first-order chi connectivity index (χ1) is 7.66. The zero-order valence-electron chi connectivity index (χ0n) is 9.44. The van der Waals surface area contributed by atoms with Crippen LogP contribution in [0.15, 0.2) is 24.7 Å². The minimum atomic E-state index is 0.657. The number of nitrogens with one attached hydrogen (secondary N) is 1. The van der Waals surface area contributed by atoms with Crippen molar-refractivity contribution in [1.82, 2.24) is 14.8 Å². The third-order valence-corrected chi connectivity index (χ3v) is 2.45. The highest BCUT2D eigenvalue weighted by molar-refractivity contribution is 5.59. The summed E-state index contributed by atoms with van der Waals surface area (Å²) in [4.78, 5) is 4.09. The maximum atomic E-state index is 5.78. The lowest BCUT2D eigenvalue weighted by Crippen LogP contribution is -2.04. The Balaban J connectivity index is 2.08. The summed E-state index contributed by atoms with van der Waals surface area (Å²) in [5.41, 5.74) is 8.79. The van der Waals surface area contributed by atoms with Crippen LogP contribution in [0.4, 0.5) is 11.5 Å². The van der Waals surface area contributed by atoms with Crippen molar-refractivity contribution in [3.8, 4) is 0 Å². The molecule has 84 valence electrons. The summed E-state index contributed by atoms with van der Waals surface area (Å²) in [6.45, 7) is 2.74. The van der Waals surface area contributed by atoms with Crippen LogP contribution in [-0.2, 0) is 13.6 Å². The third-order valence-electron chi connectivity index (χ3n) is 2.45. The van der Waals surface area contributed by atoms with Crippen molar-refractivity contribution < 1.29 is 0 Å². The van der Waals surface area contributed by atoms with Gasteiger partial charge < -0.3 is 11.1 Å². The molecule has 3 N–H and O–H groups in total. The molecule has 0 amide bonds. The molecule has 2 heterocycles. The van der Waals surface area contributed by atoms with E-state index < -0.39 is 0 Å². The van der Waals surface area contributed by atoms with Gasteiger partial charge in [0.15, 0.2) is 5.82 Å². The zero-order chi connectivity index (χ0) is 11.5. The molecule has 16 heavy (non-hydrogen) atoms. The molecule has 0 saturated heterocycles. The number of aromatic nitrogens is 3. The van der Waals surface area contributed by atoms with Gasteiger partial charge in [-0.05, 0) is 24.1 Å². The van der Waals surface area contributed by atoms with Crippen molar-refractivity contribution in [3.63, 3.8) is 0 Å². The minimum absolute atomic E-state index is 0.657. The standard InChI is InChI=1S/C11H15N5/c1-8-3-4-13-5-9(8)6-14-11-10(12)7-16(2)15-11/h3-5,7H,6,12H2,1-2H3,(H,14,15). The SMILES string of the molecule is Cc1ccncc1CNc1nn(C)cc1N. The van der Waals surface area contributed by atoms with Gasteiger partial charge in [-0.15, -0.1) is 0 Å². The molecule has 0 saturated carbocycles. The molecular formula is C11H15N5. The summed E-state index contributed by atoms with van der Waals surface area (Å²) in [5.74, 6) is 0.714. The van der Waals surface area contributed by atoms with E-state index in [1.807, 2.05) is 19.3 Å². The molecule has 0 radical (unpaired) electrons. The van der Waals surface area contributed by atoms with Crippen LogP contribution in [-0.4, -0.2) is 14.8 Å². The fourth-order valence-electron chi connectivity index (χ4n) is 1.50. The van der Waals surface area contributed by atoms with E-state index in [2.05, 4.69) is 22.3 Å². The highest BCUT2D eigenvalue weighted by Crippen LogP contribution is 2.16. The van der Waals surface area contributed by atoms with Crippen LogP contribution in [0.1, 0.15) is 11.1 Å². The summed E-state index contributed by atoms with van der Waals surface area (Å²) < 4.78 is 1.69. The fraction of sp³-hybridized carbons (Fsp3) is 0.273. The molecular weight excluding hydrogens is 202 g/mol. The summed E-state index contributed by atoms with van der Waals surface area (Å²) in [7, 11) is 1.84. The van der Waals surface area contributed by atoms with Crippen LogP contribution in [0.25, 0.3) is 0 Å². The number of anilines is 2. The maximum absolute atomic E-state index is 5.78. The molecule has 0 unspecified atom stereocenters. The normalized spacial score (nSPS) is 10.4. The van der Waals surface area contributed by atoms with Gasteiger partial charge in [0, 0.05) is 32.2 Å². The first-order valence-electron chi connectivity index (χ1n) is 5.09. The maximum Gasteiger partial charge on any atom is 0.171 e. The predicted octanol–water partition coefficient (Wildman–Crippen LogP) is 1.32. The van der Waals surface area contributed by atoms with Crippen LogP contribution in [0.3, 0.4) is 0 Å². The molecule has 0 fully saturated rings. The van der Waals surface area contributed by atoms with E-state index in [1.54, 1.807) is 17.1 Å². The monoisotopic (exact) mass is 217 g/mol. The number of aryl methyl sites for hydroxylation is 2. The number of hydrogen-bond acceptors (Lipinski definition) is 4. The summed E-state index contributed by atoms with van der Waals surface area (Å²) in [5, 5.41) is 7.41. The second-order valence-electron chi connectivity index (χ2n) is 3.76. The van der Waals surface area contributed by atoms with E-state index in [1.165, 1.54) is 5.56 Å².